The van der Waals surface area contributed by atoms with E-state index in [2.05, 4.69) is 0 Å². The van der Waals surface area contributed by atoms with Crippen LogP contribution in [0.1, 0.15) is 6.92 Å². The minimum Gasteiger partial charge on any atom is -0.510 e. The second-order valence-corrected chi connectivity index (χ2v) is 2.98. The second-order valence-electron chi connectivity index (χ2n) is 2.98. The molecule has 0 radical (unpaired) electrons. The Hall–Kier alpha value is -0.800. The number of allylic oxidation sites excluding steroid dienone is 2. The van der Waals surface area contributed by atoms with E-state index in [0.29, 0.717) is 6.54 Å². The number of aliphatic hydroxyl groups is 1. The fourth-order valence-electron chi connectivity index (χ4n) is 1.47. The fourth-order valence-corrected chi connectivity index (χ4v) is 1.47. The molecule has 3 nitrogen and oxygen atoms in total. The molecule has 3 heteroatoms. The summed E-state index contributed by atoms with van der Waals surface area (Å²) in [5.41, 5.74) is 6.63. The molecular formula is C9H15NO2. The summed E-state index contributed by atoms with van der Waals surface area (Å²) in [7, 11) is 1.59. The summed E-state index contributed by atoms with van der Waals surface area (Å²) >= 11 is 0. The summed E-state index contributed by atoms with van der Waals surface area (Å²) in [5, 5.41) is 9.40. The number of hydrogen-bond donors (Lipinski definition) is 2. The maximum Gasteiger partial charge on any atom is 0.122 e. The largest absolute Gasteiger partial charge is 0.510 e. The van der Waals surface area contributed by atoms with Crippen molar-refractivity contribution in [3.8, 4) is 0 Å². The number of methoxy groups -OCH3 is 1. The van der Waals surface area contributed by atoms with E-state index >= 15 is 0 Å². The first-order valence-electron chi connectivity index (χ1n) is 4.03. The van der Waals surface area contributed by atoms with E-state index in [9.17, 15) is 5.11 Å². The van der Waals surface area contributed by atoms with Gasteiger partial charge in [-0.15, -0.1) is 0 Å². The van der Waals surface area contributed by atoms with E-state index in [1.165, 1.54) is 0 Å². The standard InChI is InChI=1S/C9H15NO2/c1-6-7(5-10)3-4-8(11)9(6)12-2/h3-4,6,9,11H,5,10H2,1-2H3. The lowest BCUT2D eigenvalue weighted by Gasteiger charge is -2.26. The van der Waals surface area contributed by atoms with E-state index in [4.69, 9.17) is 10.5 Å². The lowest BCUT2D eigenvalue weighted by Crippen LogP contribution is -2.29. The predicted octanol–water partition coefficient (Wildman–Crippen LogP) is 0.978. The topological polar surface area (TPSA) is 55.5 Å². The van der Waals surface area contributed by atoms with Gasteiger partial charge in [0.05, 0.1) is 0 Å². The maximum atomic E-state index is 9.40. The number of hydrogen-bond acceptors (Lipinski definition) is 3. The highest BCUT2D eigenvalue weighted by atomic mass is 16.5. The molecule has 0 saturated carbocycles. The monoisotopic (exact) mass is 169 g/mol. The molecule has 0 aromatic carbocycles. The van der Waals surface area contributed by atoms with Gasteiger partial charge in [0.25, 0.3) is 0 Å². The molecular weight excluding hydrogens is 154 g/mol. The zero-order valence-corrected chi connectivity index (χ0v) is 7.45. The highest BCUT2D eigenvalue weighted by Gasteiger charge is 2.25. The molecule has 0 heterocycles. The van der Waals surface area contributed by atoms with Crippen molar-refractivity contribution < 1.29 is 9.84 Å². The van der Waals surface area contributed by atoms with Crippen molar-refractivity contribution in [1.29, 1.82) is 0 Å². The summed E-state index contributed by atoms with van der Waals surface area (Å²) in [6.07, 6.45) is 3.28. The molecule has 0 fully saturated rings. The zero-order chi connectivity index (χ0) is 9.14. The molecule has 0 amide bonds. The Labute approximate surface area is 72.5 Å². The minimum atomic E-state index is -0.228. The number of ether oxygens (including phenoxy) is 1. The van der Waals surface area contributed by atoms with Gasteiger partial charge in [-0.05, 0) is 6.08 Å². The molecule has 0 saturated heterocycles. The van der Waals surface area contributed by atoms with E-state index in [1.807, 2.05) is 13.0 Å². The number of rotatable bonds is 2. The Kier molecular flexibility index (Phi) is 2.89. The zero-order valence-electron chi connectivity index (χ0n) is 7.45. The summed E-state index contributed by atoms with van der Waals surface area (Å²) in [6.45, 7) is 2.51. The Morgan fingerprint density at radius 2 is 2.25 bits per heavy atom. The third kappa shape index (κ3) is 1.52. The van der Waals surface area contributed by atoms with Gasteiger partial charge in [-0.25, -0.2) is 0 Å². The van der Waals surface area contributed by atoms with Crippen LogP contribution in [0.5, 0.6) is 0 Å². The van der Waals surface area contributed by atoms with Crippen LogP contribution in [-0.4, -0.2) is 24.9 Å². The van der Waals surface area contributed by atoms with Crippen molar-refractivity contribution in [2.24, 2.45) is 11.7 Å². The highest BCUT2D eigenvalue weighted by molar-refractivity contribution is 5.27. The molecule has 0 aliphatic heterocycles. The second kappa shape index (κ2) is 3.74. The quantitative estimate of drug-likeness (QED) is 0.647. The molecule has 1 aliphatic carbocycles. The predicted molar refractivity (Wildman–Crippen MR) is 47.8 cm³/mol. The molecule has 12 heavy (non-hydrogen) atoms. The molecule has 0 bridgehead atoms. The van der Waals surface area contributed by atoms with Crippen molar-refractivity contribution in [3.63, 3.8) is 0 Å². The van der Waals surface area contributed by atoms with Gasteiger partial charge < -0.3 is 15.6 Å². The Balaban J connectivity index is 2.84. The molecule has 68 valence electrons. The first-order valence-corrected chi connectivity index (χ1v) is 4.03. The van der Waals surface area contributed by atoms with Crippen molar-refractivity contribution in [1.82, 2.24) is 0 Å². The minimum absolute atomic E-state index is 0.171. The molecule has 0 spiro atoms. The summed E-state index contributed by atoms with van der Waals surface area (Å²) < 4.78 is 5.13. The molecule has 0 aromatic heterocycles. The SMILES string of the molecule is COC1C(O)=CC=C(CN)C1C. The maximum absolute atomic E-state index is 9.40. The van der Waals surface area contributed by atoms with Gasteiger partial charge >= 0.3 is 0 Å². The summed E-state index contributed by atoms with van der Waals surface area (Å²) in [6, 6.07) is 0. The van der Waals surface area contributed by atoms with E-state index < -0.39 is 0 Å². The van der Waals surface area contributed by atoms with Crippen LogP contribution in [0.2, 0.25) is 0 Å². The van der Waals surface area contributed by atoms with Gasteiger partial charge in [0.1, 0.15) is 11.9 Å². The van der Waals surface area contributed by atoms with Gasteiger partial charge in [0.2, 0.25) is 0 Å². The van der Waals surface area contributed by atoms with Gasteiger partial charge in [-0.2, -0.15) is 0 Å². The third-order valence-electron chi connectivity index (χ3n) is 2.29. The van der Waals surface area contributed by atoms with Crippen LogP contribution in [0.3, 0.4) is 0 Å². The van der Waals surface area contributed by atoms with E-state index in [0.717, 1.165) is 5.57 Å². The van der Waals surface area contributed by atoms with Crippen LogP contribution in [0, 0.1) is 5.92 Å². The summed E-state index contributed by atoms with van der Waals surface area (Å²) in [5.74, 6) is 0.451. The van der Waals surface area contributed by atoms with Gasteiger partial charge in [-0.1, -0.05) is 18.6 Å². The normalized spacial score (nSPS) is 29.6. The Bertz CT molecular complexity index is 221. The van der Waals surface area contributed by atoms with Crippen LogP contribution >= 0.6 is 0 Å². The van der Waals surface area contributed by atoms with E-state index in [1.54, 1.807) is 13.2 Å². The van der Waals surface area contributed by atoms with Gasteiger partial charge in [0, 0.05) is 19.6 Å². The Morgan fingerprint density at radius 1 is 1.58 bits per heavy atom. The smallest absolute Gasteiger partial charge is 0.122 e. The van der Waals surface area contributed by atoms with Crippen molar-refractivity contribution in [3.05, 3.63) is 23.5 Å². The lowest BCUT2D eigenvalue weighted by atomic mass is 9.89. The molecule has 2 atom stereocenters. The summed E-state index contributed by atoms with van der Waals surface area (Å²) in [4.78, 5) is 0. The van der Waals surface area contributed by atoms with E-state index in [-0.39, 0.29) is 17.8 Å². The van der Waals surface area contributed by atoms with Crippen LogP contribution in [0.25, 0.3) is 0 Å². The molecule has 0 aromatic rings. The van der Waals surface area contributed by atoms with Gasteiger partial charge in [-0.3, -0.25) is 0 Å². The molecule has 2 unspecified atom stereocenters. The van der Waals surface area contributed by atoms with Crippen LogP contribution in [0.4, 0.5) is 0 Å². The number of nitrogens with two attached hydrogens (primary N) is 1. The Morgan fingerprint density at radius 3 is 2.75 bits per heavy atom. The van der Waals surface area contributed by atoms with Gasteiger partial charge in [0.15, 0.2) is 0 Å². The van der Waals surface area contributed by atoms with Crippen LogP contribution in [0.15, 0.2) is 23.5 Å². The van der Waals surface area contributed by atoms with Crippen molar-refractivity contribution >= 4 is 0 Å². The van der Waals surface area contributed by atoms with Crippen LogP contribution < -0.4 is 5.73 Å². The third-order valence-corrected chi connectivity index (χ3v) is 2.29. The first kappa shape index (κ1) is 9.29. The average molecular weight is 169 g/mol. The van der Waals surface area contributed by atoms with Crippen molar-refractivity contribution in [2.75, 3.05) is 13.7 Å². The highest BCUT2D eigenvalue weighted by Crippen LogP contribution is 2.25. The van der Waals surface area contributed by atoms with Crippen LogP contribution in [-0.2, 0) is 4.74 Å². The van der Waals surface area contributed by atoms with Crippen molar-refractivity contribution in [2.45, 2.75) is 13.0 Å². The lowest BCUT2D eigenvalue weighted by molar-refractivity contribution is 0.0622. The fraction of sp³-hybridized carbons (Fsp3) is 0.556. The molecule has 1 aliphatic rings. The average Bonchev–Trinajstić information content (AvgIpc) is 2.06. The molecule has 3 N–H and O–H groups in total. The molecule has 1 rings (SSSR count). The first-order chi connectivity index (χ1) is 5.70. The number of aliphatic hydroxyl groups excluding tert-OH is 1.